The van der Waals surface area contributed by atoms with Crippen LogP contribution in [0.5, 0.6) is 0 Å². The molecule has 1 atom stereocenters. The Bertz CT molecular complexity index is 1910. The van der Waals surface area contributed by atoms with Crippen molar-refractivity contribution in [3.05, 3.63) is 112 Å². The number of benzene rings is 3. The normalized spacial score (nSPS) is 15.9. The van der Waals surface area contributed by atoms with E-state index >= 15 is 4.39 Å². The molecule has 3 aromatic carbocycles. The molecule has 6 rings (SSSR count). The number of hydrogen-bond acceptors (Lipinski definition) is 8. The van der Waals surface area contributed by atoms with Gasteiger partial charge in [0.2, 0.25) is 11.3 Å². The summed E-state index contributed by atoms with van der Waals surface area (Å²) in [5.41, 5.74) is 0.673. The fraction of sp³-hybridized carbons (Fsp3) is 0.286. The van der Waals surface area contributed by atoms with Gasteiger partial charge >= 0.3 is 18.2 Å². The molecule has 1 saturated carbocycles. The van der Waals surface area contributed by atoms with Gasteiger partial charge in [-0.2, -0.15) is 0 Å². The van der Waals surface area contributed by atoms with Crippen LogP contribution in [0.25, 0.3) is 10.9 Å². The van der Waals surface area contributed by atoms with E-state index in [4.69, 9.17) is 14.2 Å². The van der Waals surface area contributed by atoms with Crippen molar-refractivity contribution in [1.29, 1.82) is 0 Å². The van der Waals surface area contributed by atoms with Gasteiger partial charge in [-0.15, -0.1) is 0 Å². The van der Waals surface area contributed by atoms with Gasteiger partial charge in [0.15, 0.2) is 0 Å². The van der Waals surface area contributed by atoms with Gasteiger partial charge in [0.25, 0.3) is 0 Å². The number of pyridine rings is 1. The van der Waals surface area contributed by atoms with E-state index in [2.05, 4.69) is 5.32 Å². The van der Waals surface area contributed by atoms with Crippen LogP contribution in [0.1, 0.15) is 40.4 Å². The Hall–Kier alpha value is -5.72. The van der Waals surface area contributed by atoms with Crippen LogP contribution in [-0.4, -0.2) is 71.2 Å². The predicted molar refractivity (Wildman–Crippen MR) is 172 cm³/mol. The summed E-state index contributed by atoms with van der Waals surface area (Å²) < 4.78 is 33.0. The molecule has 12 nitrogen and oxygen atoms in total. The van der Waals surface area contributed by atoms with Crippen molar-refractivity contribution in [1.82, 2.24) is 14.4 Å². The first-order valence-electron chi connectivity index (χ1n) is 15.4. The summed E-state index contributed by atoms with van der Waals surface area (Å²) in [6, 6.07) is 19.1. The lowest BCUT2D eigenvalue weighted by Crippen LogP contribution is -2.60. The minimum absolute atomic E-state index is 0.0125. The Morgan fingerprint density at radius 3 is 2.10 bits per heavy atom. The number of anilines is 1. The second kappa shape index (κ2) is 14.0. The number of methoxy groups -OCH3 is 1. The minimum Gasteiger partial charge on any atom is -0.465 e. The molecule has 1 aromatic heterocycles. The Balaban J connectivity index is 1.26. The largest absolute Gasteiger partial charge is 0.465 e. The summed E-state index contributed by atoms with van der Waals surface area (Å²) in [4.78, 5) is 68.0. The molecule has 1 N–H and O–H groups in total. The maximum Gasteiger partial charge on any atom is 0.410 e. The topological polar surface area (TPSA) is 136 Å². The first kappa shape index (κ1) is 32.2. The van der Waals surface area contributed by atoms with Crippen molar-refractivity contribution >= 4 is 40.7 Å². The van der Waals surface area contributed by atoms with E-state index in [1.54, 1.807) is 41.0 Å². The number of nitrogens with zero attached hydrogens (tertiary/aromatic N) is 3. The molecule has 0 bridgehead atoms. The monoisotopic (exact) mass is 656 g/mol. The average Bonchev–Trinajstić information content (AvgIpc) is 3.96. The number of amides is 3. The summed E-state index contributed by atoms with van der Waals surface area (Å²) in [6.07, 6.45) is 1.50. The smallest absolute Gasteiger partial charge is 0.410 e. The number of aromatic nitrogens is 1. The minimum atomic E-state index is -1.27. The molecule has 1 saturated heterocycles. The standard InChI is InChI=1S/C35H33FN4O8/c1-46-33(43)26-18-40(24-12-13-24)29-17-28(27(36)16-25(29)31(26)41)37-32(42)30-19-38(34(44)47-20-22-8-4-2-5-9-22)14-15-39(30)35(45)48-21-23-10-6-3-7-11-23/h2-11,16-18,24,30H,12-15,19-21H2,1H3,(H,37,42)/t30-/m0/s1. The van der Waals surface area contributed by atoms with Gasteiger partial charge in [-0.05, 0) is 36.1 Å². The van der Waals surface area contributed by atoms with Gasteiger partial charge in [-0.3, -0.25) is 14.5 Å². The third kappa shape index (κ3) is 6.99. The first-order valence-corrected chi connectivity index (χ1v) is 15.4. The number of carbonyl (C=O) groups is 4. The van der Waals surface area contributed by atoms with E-state index in [-0.39, 0.29) is 55.5 Å². The van der Waals surface area contributed by atoms with Crippen LogP contribution in [-0.2, 0) is 32.2 Å². The van der Waals surface area contributed by atoms with Crippen molar-refractivity contribution in [3.63, 3.8) is 0 Å². The summed E-state index contributed by atoms with van der Waals surface area (Å²) in [5, 5.41) is 2.51. The maximum absolute atomic E-state index is 15.6. The highest BCUT2D eigenvalue weighted by molar-refractivity contribution is 6.00. The van der Waals surface area contributed by atoms with E-state index in [1.165, 1.54) is 22.1 Å². The molecule has 0 spiro atoms. The number of rotatable bonds is 8. The highest BCUT2D eigenvalue weighted by atomic mass is 19.1. The SMILES string of the molecule is COC(=O)c1cn(C2CC2)c2cc(NC(=O)[C@@H]3CN(C(=O)OCc4ccccc4)CCN3C(=O)OCc3ccccc3)c(F)cc2c1=O. The lowest BCUT2D eigenvalue weighted by molar-refractivity contribution is -0.122. The Kier molecular flexibility index (Phi) is 9.37. The van der Waals surface area contributed by atoms with E-state index < -0.39 is 41.4 Å². The number of hydrogen-bond donors (Lipinski definition) is 1. The molecular weight excluding hydrogens is 623 g/mol. The maximum atomic E-state index is 15.6. The van der Waals surface area contributed by atoms with Crippen molar-refractivity contribution in [2.75, 3.05) is 32.1 Å². The van der Waals surface area contributed by atoms with Crippen molar-refractivity contribution in [2.45, 2.75) is 38.1 Å². The zero-order valence-electron chi connectivity index (χ0n) is 26.1. The van der Waals surface area contributed by atoms with Gasteiger partial charge in [0, 0.05) is 30.7 Å². The zero-order chi connectivity index (χ0) is 33.8. The molecule has 2 aliphatic rings. The van der Waals surface area contributed by atoms with Crippen LogP contribution < -0.4 is 10.7 Å². The van der Waals surface area contributed by atoms with Crippen LogP contribution in [0.3, 0.4) is 0 Å². The Labute approximate surface area is 274 Å². The molecule has 2 fully saturated rings. The highest BCUT2D eigenvalue weighted by Gasteiger charge is 2.39. The van der Waals surface area contributed by atoms with Crippen LogP contribution in [0.4, 0.5) is 19.7 Å². The average molecular weight is 657 g/mol. The molecule has 4 aromatic rings. The van der Waals surface area contributed by atoms with Gasteiger partial charge in [0.1, 0.15) is 30.6 Å². The number of carbonyl (C=O) groups excluding carboxylic acids is 4. The molecule has 13 heteroatoms. The van der Waals surface area contributed by atoms with E-state index in [0.29, 0.717) is 5.52 Å². The summed E-state index contributed by atoms with van der Waals surface area (Å²) in [5.74, 6) is -2.54. The van der Waals surface area contributed by atoms with Crippen LogP contribution in [0.2, 0.25) is 0 Å². The quantitative estimate of drug-likeness (QED) is 0.210. The van der Waals surface area contributed by atoms with Gasteiger partial charge in [-0.1, -0.05) is 60.7 Å². The third-order valence-electron chi connectivity index (χ3n) is 8.31. The van der Waals surface area contributed by atoms with Gasteiger partial charge < -0.3 is 29.0 Å². The van der Waals surface area contributed by atoms with Gasteiger partial charge in [-0.25, -0.2) is 18.8 Å². The number of nitrogens with one attached hydrogen (secondary N) is 1. The van der Waals surface area contributed by atoms with Crippen LogP contribution in [0, 0.1) is 5.82 Å². The molecule has 248 valence electrons. The number of ether oxygens (including phenoxy) is 3. The first-order chi connectivity index (χ1) is 23.2. The zero-order valence-corrected chi connectivity index (χ0v) is 26.1. The van der Waals surface area contributed by atoms with Crippen LogP contribution >= 0.6 is 0 Å². The lowest BCUT2D eigenvalue weighted by atomic mass is 10.1. The molecule has 2 heterocycles. The van der Waals surface area contributed by atoms with E-state index in [0.717, 1.165) is 37.1 Å². The molecule has 0 radical (unpaired) electrons. The van der Waals surface area contributed by atoms with E-state index in [1.807, 2.05) is 24.3 Å². The van der Waals surface area contributed by atoms with E-state index in [9.17, 15) is 24.0 Å². The Morgan fingerprint density at radius 2 is 1.50 bits per heavy atom. The van der Waals surface area contributed by atoms with Crippen molar-refractivity contribution in [2.24, 2.45) is 0 Å². The van der Waals surface area contributed by atoms with Gasteiger partial charge in [0.05, 0.1) is 24.9 Å². The number of halogens is 1. The molecule has 1 aliphatic carbocycles. The summed E-state index contributed by atoms with van der Waals surface area (Å²) in [7, 11) is 1.16. The number of esters is 1. The third-order valence-corrected chi connectivity index (χ3v) is 8.31. The second-order valence-corrected chi connectivity index (χ2v) is 11.6. The Morgan fingerprint density at radius 1 is 0.875 bits per heavy atom. The summed E-state index contributed by atoms with van der Waals surface area (Å²) >= 11 is 0. The van der Waals surface area contributed by atoms with Crippen molar-refractivity contribution < 1.29 is 37.8 Å². The molecule has 0 unspecified atom stereocenters. The molecule has 3 amide bonds. The predicted octanol–water partition coefficient (Wildman–Crippen LogP) is 4.86. The molecule has 48 heavy (non-hydrogen) atoms. The van der Waals surface area contributed by atoms with Crippen LogP contribution in [0.15, 0.2) is 83.8 Å². The molecule has 1 aliphatic heterocycles. The number of fused-ring (bicyclic) bond motifs is 1. The second-order valence-electron chi connectivity index (χ2n) is 11.6. The van der Waals surface area contributed by atoms with Crippen molar-refractivity contribution in [3.8, 4) is 0 Å². The summed E-state index contributed by atoms with van der Waals surface area (Å²) in [6.45, 7) is -0.260. The fourth-order valence-electron chi connectivity index (χ4n) is 5.60. The lowest BCUT2D eigenvalue weighted by Gasteiger charge is -2.39. The molecular formula is C35H33FN4O8. The fourth-order valence-corrected chi connectivity index (χ4v) is 5.60. The highest BCUT2D eigenvalue weighted by Crippen LogP contribution is 2.38. The number of piperazine rings is 1.